The van der Waals surface area contributed by atoms with Gasteiger partial charge >= 0.3 is 0 Å². The third-order valence-electron chi connectivity index (χ3n) is 5.88. The first kappa shape index (κ1) is 15.1. The van der Waals surface area contributed by atoms with Crippen LogP contribution in [0.1, 0.15) is 41.3 Å². The highest BCUT2D eigenvalue weighted by Gasteiger charge is 2.30. The van der Waals surface area contributed by atoms with E-state index in [9.17, 15) is 0 Å². The van der Waals surface area contributed by atoms with Gasteiger partial charge in [-0.15, -0.1) is 15.3 Å². The molecule has 2 aromatic carbocycles. The number of aromatic nitrogens is 4. The van der Waals surface area contributed by atoms with Gasteiger partial charge in [-0.05, 0) is 37.3 Å². The van der Waals surface area contributed by atoms with Gasteiger partial charge in [0.05, 0.1) is 0 Å². The highest BCUT2D eigenvalue weighted by molar-refractivity contribution is 6.00. The fourth-order valence-corrected chi connectivity index (χ4v) is 4.27. The third-order valence-corrected chi connectivity index (χ3v) is 5.88. The van der Waals surface area contributed by atoms with Crippen molar-refractivity contribution >= 4 is 22.2 Å². The van der Waals surface area contributed by atoms with Crippen molar-refractivity contribution in [2.24, 2.45) is 0 Å². The zero-order chi connectivity index (χ0) is 18.0. The standard InChI is InChI=1S/C22H21N5/c1-14-6-7-17-13-26(11-10-16(17)12-14)22-19-5-3-2-4-18(19)21-24-23-20(15-8-9-15)27(21)25-22/h2-7,12,15H,8-11,13H2,1H3. The quantitative estimate of drug-likeness (QED) is 0.545. The lowest BCUT2D eigenvalue weighted by atomic mass is 9.97. The van der Waals surface area contributed by atoms with Gasteiger partial charge in [-0.2, -0.15) is 4.52 Å². The Morgan fingerprint density at radius 3 is 2.67 bits per heavy atom. The highest BCUT2D eigenvalue weighted by atomic mass is 15.4. The van der Waals surface area contributed by atoms with Crippen molar-refractivity contribution in [3.05, 3.63) is 65.0 Å². The molecule has 0 bridgehead atoms. The van der Waals surface area contributed by atoms with Crippen molar-refractivity contribution in [3.63, 3.8) is 0 Å². The first-order valence-electron chi connectivity index (χ1n) is 9.75. The lowest BCUT2D eigenvalue weighted by Gasteiger charge is -2.30. The molecule has 0 amide bonds. The molecule has 27 heavy (non-hydrogen) atoms. The summed E-state index contributed by atoms with van der Waals surface area (Å²) in [7, 11) is 0. The maximum atomic E-state index is 5.06. The predicted molar refractivity (Wildman–Crippen MR) is 106 cm³/mol. The summed E-state index contributed by atoms with van der Waals surface area (Å²) in [5.74, 6) is 2.59. The molecule has 6 rings (SSSR count). The molecule has 0 spiro atoms. The second-order valence-corrected chi connectivity index (χ2v) is 7.88. The minimum Gasteiger partial charge on any atom is -0.350 e. The van der Waals surface area contributed by atoms with E-state index in [4.69, 9.17) is 5.10 Å². The van der Waals surface area contributed by atoms with Crippen LogP contribution in [-0.4, -0.2) is 26.4 Å². The number of nitrogens with zero attached hydrogens (tertiary/aromatic N) is 5. The maximum absolute atomic E-state index is 5.06. The molecular formula is C22H21N5. The van der Waals surface area contributed by atoms with Crippen molar-refractivity contribution in [2.45, 2.75) is 38.6 Å². The second kappa shape index (κ2) is 5.52. The van der Waals surface area contributed by atoms with Crippen LogP contribution in [0.2, 0.25) is 0 Å². The summed E-state index contributed by atoms with van der Waals surface area (Å²) in [6.45, 7) is 4.06. The molecule has 1 aliphatic carbocycles. The number of rotatable bonds is 2. The average Bonchev–Trinajstić information content (AvgIpc) is 3.45. The lowest BCUT2D eigenvalue weighted by Crippen LogP contribution is -2.31. The van der Waals surface area contributed by atoms with Crippen molar-refractivity contribution in [1.82, 2.24) is 19.8 Å². The summed E-state index contributed by atoms with van der Waals surface area (Å²) in [6.07, 6.45) is 3.45. The number of anilines is 1. The van der Waals surface area contributed by atoms with E-state index in [-0.39, 0.29) is 0 Å². The zero-order valence-electron chi connectivity index (χ0n) is 15.4. The average molecular weight is 355 g/mol. The van der Waals surface area contributed by atoms with E-state index in [1.165, 1.54) is 29.5 Å². The number of hydrogen-bond acceptors (Lipinski definition) is 4. The molecule has 1 fully saturated rings. The van der Waals surface area contributed by atoms with Crippen LogP contribution in [0.15, 0.2) is 42.5 Å². The van der Waals surface area contributed by atoms with E-state index in [0.717, 1.165) is 47.6 Å². The predicted octanol–water partition coefficient (Wildman–Crippen LogP) is 4.03. The molecule has 4 aromatic rings. The topological polar surface area (TPSA) is 46.3 Å². The molecule has 2 aliphatic rings. The number of fused-ring (bicyclic) bond motifs is 4. The Balaban J connectivity index is 1.53. The van der Waals surface area contributed by atoms with Crippen LogP contribution in [0.3, 0.4) is 0 Å². The van der Waals surface area contributed by atoms with E-state index in [1.54, 1.807) is 0 Å². The molecule has 3 heterocycles. The van der Waals surface area contributed by atoms with Crippen LogP contribution in [-0.2, 0) is 13.0 Å². The van der Waals surface area contributed by atoms with Gasteiger partial charge in [-0.3, -0.25) is 0 Å². The Labute approximate surface area is 157 Å². The molecule has 1 saturated carbocycles. The normalized spacial score (nSPS) is 16.9. The van der Waals surface area contributed by atoms with Gasteiger partial charge < -0.3 is 4.90 Å². The zero-order valence-corrected chi connectivity index (χ0v) is 15.4. The molecule has 1 aliphatic heterocycles. The van der Waals surface area contributed by atoms with Crippen LogP contribution in [0.4, 0.5) is 5.82 Å². The Hall–Kier alpha value is -2.95. The number of aryl methyl sites for hydroxylation is 1. The SMILES string of the molecule is Cc1ccc2c(c1)CCN(c1nn3c(C4CC4)nnc3c3ccccc13)C2. The van der Waals surface area contributed by atoms with Crippen molar-refractivity contribution in [3.8, 4) is 0 Å². The van der Waals surface area contributed by atoms with Gasteiger partial charge in [0.2, 0.25) is 0 Å². The minimum atomic E-state index is 0.520. The van der Waals surface area contributed by atoms with Crippen molar-refractivity contribution in [1.29, 1.82) is 0 Å². The van der Waals surface area contributed by atoms with E-state index in [0.29, 0.717) is 5.92 Å². The third kappa shape index (κ3) is 2.34. The summed E-state index contributed by atoms with van der Waals surface area (Å²) in [5.41, 5.74) is 5.10. The van der Waals surface area contributed by atoms with Gasteiger partial charge in [-0.25, -0.2) is 0 Å². The number of benzene rings is 2. The summed E-state index contributed by atoms with van der Waals surface area (Å²) in [4.78, 5) is 2.41. The molecule has 0 unspecified atom stereocenters. The first-order chi connectivity index (χ1) is 13.3. The Kier molecular flexibility index (Phi) is 3.10. The maximum Gasteiger partial charge on any atom is 0.185 e. The van der Waals surface area contributed by atoms with Crippen molar-refractivity contribution in [2.75, 3.05) is 11.4 Å². The van der Waals surface area contributed by atoms with E-state index in [2.05, 4.69) is 64.5 Å². The molecule has 5 heteroatoms. The van der Waals surface area contributed by atoms with Crippen molar-refractivity contribution < 1.29 is 0 Å². The molecule has 5 nitrogen and oxygen atoms in total. The molecular weight excluding hydrogens is 334 g/mol. The molecule has 2 aromatic heterocycles. The highest BCUT2D eigenvalue weighted by Crippen LogP contribution is 2.40. The summed E-state index contributed by atoms with van der Waals surface area (Å²) in [6, 6.07) is 15.3. The van der Waals surface area contributed by atoms with Crippen LogP contribution >= 0.6 is 0 Å². The smallest absolute Gasteiger partial charge is 0.185 e. The fraction of sp³-hybridized carbons (Fsp3) is 0.318. The van der Waals surface area contributed by atoms with E-state index >= 15 is 0 Å². The summed E-state index contributed by atoms with van der Waals surface area (Å²) < 4.78 is 2.00. The summed E-state index contributed by atoms with van der Waals surface area (Å²) >= 11 is 0. The van der Waals surface area contributed by atoms with Gasteiger partial charge in [0, 0.05) is 29.8 Å². The Morgan fingerprint density at radius 1 is 0.963 bits per heavy atom. The summed E-state index contributed by atoms with van der Waals surface area (Å²) in [5, 5.41) is 16.3. The first-order valence-corrected chi connectivity index (χ1v) is 9.75. The lowest BCUT2D eigenvalue weighted by molar-refractivity contribution is 0.705. The molecule has 0 atom stereocenters. The molecule has 0 saturated heterocycles. The fourth-order valence-electron chi connectivity index (χ4n) is 4.27. The van der Waals surface area contributed by atoms with Crippen LogP contribution in [0.25, 0.3) is 16.4 Å². The van der Waals surface area contributed by atoms with E-state index in [1.807, 2.05) is 4.52 Å². The Morgan fingerprint density at radius 2 is 1.81 bits per heavy atom. The van der Waals surface area contributed by atoms with Gasteiger partial charge in [-0.1, -0.05) is 48.0 Å². The Bertz CT molecular complexity index is 1190. The molecule has 0 N–H and O–H groups in total. The van der Waals surface area contributed by atoms with Crippen LogP contribution < -0.4 is 4.90 Å². The van der Waals surface area contributed by atoms with Gasteiger partial charge in [0.1, 0.15) is 0 Å². The molecule has 0 radical (unpaired) electrons. The van der Waals surface area contributed by atoms with Crippen LogP contribution in [0, 0.1) is 6.92 Å². The van der Waals surface area contributed by atoms with E-state index < -0.39 is 0 Å². The van der Waals surface area contributed by atoms with Crippen LogP contribution in [0.5, 0.6) is 0 Å². The largest absolute Gasteiger partial charge is 0.350 e. The monoisotopic (exact) mass is 355 g/mol. The molecule has 134 valence electrons. The van der Waals surface area contributed by atoms with Gasteiger partial charge in [0.25, 0.3) is 0 Å². The second-order valence-electron chi connectivity index (χ2n) is 7.88. The number of hydrogen-bond donors (Lipinski definition) is 0. The van der Waals surface area contributed by atoms with Gasteiger partial charge in [0.15, 0.2) is 17.3 Å². The minimum absolute atomic E-state index is 0.520.